The Hall–Kier alpha value is -2.18. The number of nitro groups is 1. The van der Waals surface area contributed by atoms with Gasteiger partial charge in [-0.1, -0.05) is 6.42 Å². The molecular formula is C13H15FN2O4. The van der Waals surface area contributed by atoms with Crippen molar-refractivity contribution in [3.05, 3.63) is 34.1 Å². The summed E-state index contributed by atoms with van der Waals surface area (Å²) in [4.78, 5) is 21.2. The average molecular weight is 282 g/mol. The Balaban J connectivity index is 2.07. The average Bonchev–Trinajstić information content (AvgIpc) is 2.85. The number of nitro benzene ring substituents is 1. The van der Waals surface area contributed by atoms with Crippen molar-refractivity contribution in [3.63, 3.8) is 0 Å². The van der Waals surface area contributed by atoms with E-state index in [-0.39, 0.29) is 17.3 Å². The molecule has 20 heavy (non-hydrogen) atoms. The van der Waals surface area contributed by atoms with E-state index in [1.807, 2.05) is 0 Å². The van der Waals surface area contributed by atoms with Gasteiger partial charge in [0.15, 0.2) is 0 Å². The van der Waals surface area contributed by atoms with Gasteiger partial charge in [-0.15, -0.1) is 0 Å². The van der Waals surface area contributed by atoms with Crippen LogP contribution in [0.1, 0.15) is 19.3 Å². The molecule has 2 rings (SSSR count). The Labute approximate surface area is 114 Å². The summed E-state index contributed by atoms with van der Waals surface area (Å²) in [5, 5.41) is 22.8. The maximum absolute atomic E-state index is 13.0. The summed E-state index contributed by atoms with van der Waals surface area (Å²) in [5.41, 5.74) is -0.123. The van der Waals surface area contributed by atoms with Gasteiger partial charge in [0.1, 0.15) is 11.5 Å². The molecule has 2 atom stereocenters. The number of carboxylic acid groups (broad SMARTS) is 1. The number of carboxylic acids is 1. The molecule has 1 saturated carbocycles. The number of nitrogens with zero attached hydrogens (tertiary/aromatic N) is 1. The first-order valence-corrected chi connectivity index (χ1v) is 6.39. The number of nitrogens with one attached hydrogen (secondary N) is 1. The zero-order valence-corrected chi connectivity index (χ0v) is 10.7. The molecule has 0 saturated heterocycles. The summed E-state index contributed by atoms with van der Waals surface area (Å²) in [5.74, 6) is -1.98. The van der Waals surface area contributed by atoms with Crippen molar-refractivity contribution < 1.29 is 19.2 Å². The summed E-state index contributed by atoms with van der Waals surface area (Å²) in [6, 6.07) is 3.29. The summed E-state index contributed by atoms with van der Waals surface area (Å²) in [7, 11) is 0. The van der Waals surface area contributed by atoms with Gasteiger partial charge >= 0.3 is 5.97 Å². The second kappa shape index (κ2) is 5.85. The fourth-order valence-corrected chi connectivity index (χ4v) is 2.65. The lowest BCUT2D eigenvalue weighted by molar-refractivity contribution is -0.384. The molecule has 0 bridgehead atoms. The van der Waals surface area contributed by atoms with Gasteiger partial charge in [-0.05, 0) is 30.9 Å². The normalized spacial score (nSPS) is 21.6. The van der Waals surface area contributed by atoms with Crippen molar-refractivity contribution in [2.45, 2.75) is 19.3 Å². The van der Waals surface area contributed by atoms with Gasteiger partial charge in [-0.2, -0.15) is 0 Å². The van der Waals surface area contributed by atoms with Crippen molar-refractivity contribution in [2.75, 3.05) is 11.9 Å². The number of aliphatic carboxylic acids is 1. The van der Waals surface area contributed by atoms with Crippen LogP contribution in [0.15, 0.2) is 18.2 Å². The van der Waals surface area contributed by atoms with E-state index < -0.39 is 22.6 Å². The lowest BCUT2D eigenvalue weighted by atomic mass is 9.96. The van der Waals surface area contributed by atoms with E-state index in [9.17, 15) is 19.3 Å². The predicted octanol–water partition coefficient (Wildman–Crippen LogP) is 2.65. The third kappa shape index (κ3) is 3.04. The lowest BCUT2D eigenvalue weighted by Gasteiger charge is -2.17. The maximum Gasteiger partial charge on any atom is 0.306 e. The second-order valence-electron chi connectivity index (χ2n) is 4.94. The highest BCUT2D eigenvalue weighted by atomic mass is 19.1. The van der Waals surface area contributed by atoms with Gasteiger partial charge in [-0.3, -0.25) is 14.9 Å². The first-order valence-electron chi connectivity index (χ1n) is 6.39. The summed E-state index contributed by atoms with van der Waals surface area (Å²) >= 11 is 0. The van der Waals surface area contributed by atoms with Crippen molar-refractivity contribution in [1.82, 2.24) is 0 Å². The number of carbonyl (C=O) groups is 1. The molecule has 108 valence electrons. The van der Waals surface area contributed by atoms with E-state index in [0.29, 0.717) is 13.0 Å². The Kier molecular flexibility index (Phi) is 4.16. The molecule has 0 amide bonds. The third-order valence-electron chi connectivity index (χ3n) is 3.69. The third-order valence-corrected chi connectivity index (χ3v) is 3.69. The van der Waals surface area contributed by atoms with Crippen LogP contribution in [0.3, 0.4) is 0 Å². The fourth-order valence-electron chi connectivity index (χ4n) is 2.65. The Morgan fingerprint density at radius 3 is 2.90 bits per heavy atom. The first-order chi connectivity index (χ1) is 9.49. The van der Waals surface area contributed by atoms with Gasteiger partial charge in [0.25, 0.3) is 5.69 Å². The van der Waals surface area contributed by atoms with Gasteiger partial charge in [0, 0.05) is 6.54 Å². The highest BCUT2D eigenvalue weighted by molar-refractivity contribution is 5.71. The lowest BCUT2D eigenvalue weighted by Crippen LogP contribution is -2.24. The molecule has 0 spiro atoms. The SMILES string of the molecule is O=C(O)C1CCCC1CNc1ccc(F)cc1[N+](=O)[O-]. The molecule has 7 heteroatoms. The number of hydrogen-bond acceptors (Lipinski definition) is 4. The van der Waals surface area contributed by atoms with Crippen LogP contribution in [-0.4, -0.2) is 22.5 Å². The molecule has 1 aromatic carbocycles. The highest BCUT2D eigenvalue weighted by Crippen LogP contribution is 2.33. The van der Waals surface area contributed by atoms with Crippen LogP contribution in [0.25, 0.3) is 0 Å². The molecule has 0 aromatic heterocycles. The fraction of sp³-hybridized carbons (Fsp3) is 0.462. The smallest absolute Gasteiger partial charge is 0.306 e. The first kappa shape index (κ1) is 14.2. The molecule has 0 heterocycles. The van der Waals surface area contributed by atoms with Crippen molar-refractivity contribution in [3.8, 4) is 0 Å². The molecule has 1 aliphatic carbocycles. The molecule has 1 fully saturated rings. The van der Waals surface area contributed by atoms with E-state index in [4.69, 9.17) is 5.11 Å². The van der Waals surface area contributed by atoms with Crippen LogP contribution < -0.4 is 5.32 Å². The van der Waals surface area contributed by atoms with Gasteiger partial charge in [0.05, 0.1) is 16.9 Å². The Morgan fingerprint density at radius 2 is 2.25 bits per heavy atom. The zero-order chi connectivity index (χ0) is 14.7. The maximum atomic E-state index is 13.0. The van der Waals surface area contributed by atoms with Gasteiger partial charge in [0.2, 0.25) is 0 Å². The van der Waals surface area contributed by atoms with Gasteiger partial charge in [-0.25, -0.2) is 4.39 Å². The quantitative estimate of drug-likeness (QED) is 0.639. The minimum absolute atomic E-state index is 0.0582. The molecule has 1 aromatic rings. The van der Waals surface area contributed by atoms with E-state index in [1.54, 1.807) is 0 Å². The van der Waals surface area contributed by atoms with Crippen molar-refractivity contribution in [2.24, 2.45) is 11.8 Å². The largest absolute Gasteiger partial charge is 0.481 e. The molecule has 6 nitrogen and oxygen atoms in total. The van der Waals surface area contributed by atoms with E-state index >= 15 is 0 Å². The summed E-state index contributed by atoms with van der Waals surface area (Å²) < 4.78 is 13.0. The number of rotatable bonds is 5. The van der Waals surface area contributed by atoms with Crippen LogP contribution in [0.4, 0.5) is 15.8 Å². The van der Waals surface area contributed by atoms with Crippen LogP contribution in [-0.2, 0) is 4.79 Å². The van der Waals surface area contributed by atoms with E-state index in [1.165, 1.54) is 6.07 Å². The topological polar surface area (TPSA) is 92.5 Å². The van der Waals surface area contributed by atoms with Gasteiger partial charge < -0.3 is 10.4 Å². The van der Waals surface area contributed by atoms with E-state index in [0.717, 1.165) is 25.0 Å². The highest BCUT2D eigenvalue weighted by Gasteiger charge is 2.32. The summed E-state index contributed by atoms with van der Waals surface area (Å²) in [6.07, 6.45) is 2.25. The van der Waals surface area contributed by atoms with Crippen LogP contribution >= 0.6 is 0 Å². The van der Waals surface area contributed by atoms with Crippen LogP contribution in [0.5, 0.6) is 0 Å². The monoisotopic (exact) mass is 282 g/mol. The molecule has 1 aliphatic rings. The van der Waals surface area contributed by atoms with Crippen LogP contribution in [0.2, 0.25) is 0 Å². The Morgan fingerprint density at radius 1 is 1.50 bits per heavy atom. The molecule has 2 unspecified atom stereocenters. The number of halogens is 1. The number of anilines is 1. The predicted molar refractivity (Wildman–Crippen MR) is 70.0 cm³/mol. The molecule has 0 aliphatic heterocycles. The second-order valence-corrected chi connectivity index (χ2v) is 4.94. The molecule has 0 radical (unpaired) electrons. The summed E-state index contributed by atoms with van der Waals surface area (Å²) in [6.45, 7) is 0.337. The minimum atomic E-state index is -0.831. The Bertz CT molecular complexity index is 535. The van der Waals surface area contributed by atoms with E-state index in [2.05, 4.69) is 5.32 Å². The molecular weight excluding hydrogens is 267 g/mol. The minimum Gasteiger partial charge on any atom is -0.481 e. The number of hydrogen-bond donors (Lipinski definition) is 2. The molecule has 2 N–H and O–H groups in total. The standard InChI is InChI=1S/C13H15FN2O4/c14-9-4-5-11(12(6-9)16(19)20)15-7-8-2-1-3-10(8)13(17)18/h4-6,8,10,15H,1-3,7H2,(H,17,18). The van der Waals surface area contributed by atoms with Crippen molar-refractivity contribution in [1.29, 1.82) is 0 Å². The van der Waals surface area contributed by atoms with Crippen LogP contribution in [0, 0.1) is 27.8 Å². The zero-order valence-electron chi connectivity index (χ0n) is 10.7. The van der Waals surface area contributed by atoms with Crippen molar-refractivity contribution >= 4 is 17.3 Å². The number of benzene rings is 1.